The summed E-state index contributed by atoms with van der Waals surface area (Å²) in [6.45, 7) is 1.80. The number of nitrogens with two attached hydrogens (primary N) is 1. The maximum atomic E-state index is 12.0. The van der Waals surface area contributed by atoms with Crippen LogP contribution in [0, 0.1) is 0 Å². The molecule has 4 nitrogen and oxygen atoms in total. The first-order valence-corrected chi connectivity index (χ1v) is 6.21. The molecule has 1 atom stereocenters. The van der Waals surface area contributed by atoms with Crippen LogP contribution in [0.4, 0.5) is 0 Å². The topological polar surface area (TPSA) is 63.4 Å². The monoisotopic (exact) mass is 288 g/mol. The van der Waals surface area contributed by atoms with Gasteiger partial charge in [-0.2, -0.15) is 0 Å². The highest BCUT2D eigenvalue weighted by atomic mass is 35.5. The van der Waals surface area contributed by atoms with Crippen LogP contribution in [0.2, 0.25) is 0 Å². The number of hydrogen-bond acceptors (Lipinski definition) is 2. The molecule has 0 radical (unpaired) electrons. The number of carbonyl (C=O) groups is 2. The lowest BCUT2D eigenvalue weighted by molar-refractivity contribution is -0.135. The van der Waals surface area contributed by atoms with Gasteiger partial charge in [0.15, 0.2) is 0 Å². The van der Waals surface area contributed by atoms with Gasteiger partial charge in [-0.15, -0.1) is 0 Å². The zero-order chi connectivity index (χ0) is 13.7. The van der Waals surface area contributed by atoms with Gasteiger partial charge in [0.2, 0.25) is 11.8 Å². The average molecular weight is 289 g/mol. The number of allylic oxidation sites excluding steroid dienone is 3. The third-order valence-electron chi connectivity index (χ3n) is 2.55. The van der Waals surface area contributed by atoms with E-state index in [0.717, 1.165) is 0 Å². The van der Waals surface area contributed by atoms with E-state index in [9.17, 15) is 9.59 Å². The molecule has 1 unspecified atom stereocenters. The van der Waals surface area contributed by atoms with Crippen molar-refractivity contribution in [3.8, 4) is 0 Å². The summed E-state index contributed by atoms with van der Waals surface area (Å²) in [7, 11) is 0. The SMILES string of the molecule is CCC(C(N)=O)N1C=CC=C(C=C(Cl)Cl)CC1=O. The fourth-order valence-corrected chi connectivity index (χ4v) is 2.00. The number of hydrogen-bond donors (Lipinski definition) is 1. The molecule has 0 aromatic carbocycles. The molecule has 0 saturated heterocycles. The molecule has 1 rings (SSSR count). The minimum Gasteiger partial charge on any atom is -0.368 e. The Labute approximate surface area is 116 Å². The molecule has 0 spiro atoms. The zero-order valence-corrected chi connectivity index (χ0v) is 11.4. The van der Waals surface area contributed by atoms with Crippen molar-refractivity contribution in [1.82, 2.24) is 4.90 Å². The summed E-state index contributed by atoms with van der Waals surface area (Å²) in [6.07, 6.45) is 7.02. The van der Waals surface area contributed by atoms with Gasteiger partial charge in [-0.3, -0.25) is 9.59 Å². The minimum atomic E-state index is -0.628. The van der Waals surface area contributed by atoms with Crippen molar-refractivity contribution in [3.63, 3.8) is 0 Å². The largest absolute Gasteiger partial charge is 0.368 e. The van der Waals surface area contributed by atoms with Crippen LogP contribution in [0.15, 0.2) is 34.5 Å². The van der Waals surface area contributed by atoms with E-state index in [-0.39, 0.29) is 16.8 Å². The molecule has 0 aliphatic carbocycles. The Kier molecular flexibility index (Phi) is 5.44. The Bertz CT molecular complexity index is 437. The van der Waals surface area contributed by atoms with Gasteiger partial charge in [-0.25, -0.2) is 0 Å². The number of primary amides is 1. The highest BCUT2D eigenvalue weighted by Crippen LogP contribution is 2.19. The molecule has 6 heteroatoms. The van der Waals surface area contributed by atoms with Crippen LogP contribution in [0.3, 0.4) is 0 Å². The predicted molar refractivity (Wildman–Crippen MR) is 71.7 cm³/mol. The summed E-state index contributed by atoms with van der Waals surface area (Å²) in [4.78, 5) is 24.6. The van der Waals surface area contributed by atoms with Gasteiger partial charge in [0.25, 0.3) is 0 Å². The molecule has 1 aliphatic rings. The Morgan fingerprint density at radius 1 is 1.61 bits per heavy atom. The Balaban J connectivity index is 2.90. The molecule has 98 valence electrons. The number of amides is 2. The molecule has 2 N–H and O–H groups in total. The normalized spacial score (nSPS) is 16.9. The molecule has 1 heterocycles. The van der Waals surface area contributed by atoms with Gasteiger partial charge in [0.1, 0.15) is 10.5 Å². The molecule has 0 aromatic rings. The summed E-state index contributed by atoms with van der Waals surface area (Å²) < 4.78 is 0.0813. The number of carbonyl (C=O) groups excluding carboxylic acids is 2. The maximum Gasteiger partial charge on any atom is 0.240 e. The van der Waals surface area contributed by atoms with E-state index in [1.807, 2.05) is 0 Å². The van der Waals surface area contributed by atoms with Crippen molar-refractivity contribution >= 4 is 35.0 Å². The van der Waals surface area contributed by atoms with Crippen molar-refractivity contribution in [2.45, 2.75) is 25.8 Å². The van der Waals surface area contributed by atoms with Crippen molar-refractivity contribution in [2.24, 2.45) is 5.73 Å². The zero-order valence-electron chi connectivity index (χ0n) is 9.90. The second-order valence-corrected chi connectivity index (χ2v) is 4.83. The molecular weight excluding hydrogens is 275 g/mol. The lowest BCUT2D eigenvalue weighted by Gasteiger charge is -2.24. The van der Waals surface area contributed by atoms with E-state index in [0.29, 0.717) is 12.0 Å². The molecule has 1 aliphatic heterocycles. The Morgan fingerprint density at radius 3 is 2.78 bits per heavy atom. The summed E-state index contributed by atoms with van der Waals surface area (Å²) in [5.41, 5.74) is 5.95. The fourth-order valence-electron chi connectivity index (χ4n) is 1.72. The van der Waals surface area contributed by atoms with Crippen LogP contribution >= 0.6 is 23.2 Å². The third-order valence-corrected chi connectivity index (χ3v) is 2.76. The van der Waals surface area contributed by atoms with Gasteiger partial charge < -0.3 is 10.6 Å². The number of nitrogens with zero attached hydrogens (tertiary/aromatic N) is 1. The van der Waals surface area contributed by atoms with Gasteiger partial charge in [-0.05, 0) is 24.1 Å². The Hall–Kier alpha value is -1.26. The number of halogens is 2. The lowest BCUT2D eigenvalue weighted by Crippen LogP contribution is -2.44. The van der Waals surface area contributed by atoms with Gasteiger partial charge in [0, 0.05) is 6.20 Å². The maximum absolute atomic E-state index is 12.0. The van der Waals surface area contributed by atoms with Gasteiger partial charge >= 0.3 is 0 Å². The first kappa shape index (κ1) is 14.8. The van der Waals surface area contributed by atoms with Crippen LogP contribution in [-0.2, 0) is 9.59 Å². The van der Waals surface area contributed by atoms with Crippen molar-refractivity contribution < 1.29 is 9.59 Å². The van der Waals surface area contributed by atoms with Crippen LogP contribution in [-0.4, -0.2) is 22.8 Å². The van der Waals surface area contributed by atoms with E-state index in [1.54, 1.807) is 25.3 Å². The first-order chi connectivity index (χ1) is 8.45. The van der Waals surface area contributed by atoms with Gasteiger partial charge in [0.05, 0.1) is 6.42 Å². The van der Waals surface area contributed by atoms with E-state index < -0.39 is 11.9 Å². The summed E-state index contributed by atoms with van der Waals surface area (Å²) in [6, 6.07) is -0.628. The van der Waals surface area contributed by atoms with E-state index in [1.165, 1.54) is 11.0 Å². The molecule has 0 aromatic heterocycles. The quantitative estimate of drug-likeness (QED) is 0.862. The fraction of sp³-hybridized carbons (Fsp3) is 0.333. The van der Waals surface area contributed by atoms with Crippen LogP contribution in [0.5, 0.6) is 0 Å². The van der Waals surface area contributed by atoms with E-state index in [4.69, 9.17) is 28.9 Å². The Morgan fingerprint density at radius 2 is 2.28 bits per heavy atom. The molecule has 18 heavy (non-hydrogen) atoms. The second-order valence-electron chi connectivity index (χ2n) is 3.82. The molecular formula is C12H14Cl2N2O2. The lowest BCUT2D eigenvalue weighted by atomic mass is 10.1. The summed E-state index contributed by atoms with van der Waals surface area (Å²) in [5, 5.41) is 0. The highest BCUT2D eigenvalue weighted by molar-refractivity contribution is 6.56. The van der Waals surface area contributed by atoms with Crippen molar-refractivity contribution in [3.05, 3.63) is 34.5 Å². The third kappa shape index (κ3) is 3.89. The highest BCUT2D eigenvalue weighted by Gasteiger charge is 2.25. The summed E-state index contributed by atoms with van der Waals surface area (Å²) >= 11 is 11.1. The molecule has 0 saturated carbocycles. The van der Waals surface area contributed by atoms with E-state index >= 15 is 0 Å². The smallest absolute Gasteiger partial charge is 0.240 e. The molecule has 2 amide bonds. The van der Waals surface area contributed by atoms with Crippen molar-refractivity contribution in [2.75, 3.05) is 0 Å². The van der Waals surface area contributed by atoms with Crippen molar-refractivity contribution in [1.29, 1.82) is 0 Å². The minimum absolute atomic E-state index is 0.0813. The average Bonchev–Trinajstić information content (AvgIpc) is 2.41. The first-order valence-electron chi connectivity index (χ1n) is 5.46. The van der Waals surface area contributed by atoms with Crippen LogP contribution < -0.4 is 5.73 Å². The molecule has 0 fully saturated rings. The van der Waals surface area contributed by atoms with Gasteiger partial charge in [-0.1, -0.05) is 36.2 Å². The number of rotatable bonds is 4. The van der Waals surface area contributed by atoms with Crippen LogP contribution in [0.25, 0.3) is 0 Å². The van der Waals surface area contributed by atoms with Crippen LogP contribution in [0.1, 0.15) is 19.8 Å². The summed E-state index contributed by atoms with van der Waals surface area (Å²) in [5.74, 6) is -0.739. The van der Waals surface area contributed by atoms with E-state index in [2.05, 4.69) is 0 Å². The second kappa shape index (κ2) is 6.61. The molecule has 0 bridgehead atoms. The standard InChI is InChI=1S/C12H14Cl2N2O2/c1-2-9(12(15)18)16-5-3-4-8(6-10(13)14)7-11(16)17/h3-6,9H,2,7H2,1H3,(H2,15,18). The predicted octanol–water partition coefficient (Wildman–Crippen LogP) is 2.24.